The summed E-state index contributed by atoms with van der Waals surface area (Å²) in [5.74, 6) is 0.407. The van der Waals surface area contributed by atoms with Gasteiger partial charge in [-0.3, -0.25) is 4.98 Å². The second-order valence-corrected chi connectivity index (χ2v) is 4.89. The van der Waals surface area contributed by atoms with Crippen LogP contribution < -0.4 is 5.32 Å². The van der Waals surface area contributed by atoms with Gasteiger partial charge in [0.15, 0.2) is 0 Å². The maximum absolute atomic E-state index is 13.7. The van der Waals surface area contributed by atoms with E-state index >= 15 is 0 Å². The summed E-state index contributed by atoms with van der Waals surface area (Å²) in [5, 5.41) is 3.20. The molecule has 1 heterocycles. The molecule has 2 rings (SSSR count). The van der Waals surface area contributed by atoms with Crippen molar-refractivity contribution in [1.29, 1.82) is 0 Å². The van der Waals surface area contributed by atoms with Gasteiger partial charge in [0.2, 0.25) is 0 Å². The maximum Gasteiger partial charge on any atom is 0.146 e. The summed E-state index contributed by atoms with van der Waals surface area (Å²) in [7, 11) is 1.88. The van der Waals surface area contributed by atoms with Crippen LogP contribution in [0.5, 0.6) is 0 Å². The molecule has 1 fully saturated rings. The van der Waals surface area contributed by atoms with Gasteiger partial charge < -0.3 is 10.1 Å². The molecule has 1 aromatic rings. The zero-order valence-corrected chi connectivity index (χ0v) is 11.0. The van der Waals surface area contributed by atoms with E-state index < -0.39 is 0 Å². The van der Waals surface area contributed by atoms with Gasteiger partial charge in [0.1, 0.15) is 5.82 Å². The smallest absolute Gasteiger partial charge is 0.146 e. The molecule has 1 aliphatic rings. The van der Waals surface area contributed by atoms with Crippen molar-refractivity contribution in [2.75, 3.05) is 13.7 Å². The first-order valence-electron chi connectivity index (χ1n) is 6.62. The number of nitrogens with one attached hydrogen (secondary N) is 1. The molecular weight excluding hydrogens is 231 g/mol. The van der Waals surface area contributed by atoms with E-state index in [-0.39, 0.29) is 11.9 Å². The highest BCUT2D eigenvalue weighted by Crippen LogP contribution is 2.37. The standard InChI is InChI=1S/C14H21FN2O/c1-3-18-11-6-10(7-11)8-14(16-2)12-4-5-17-9-13(12)15/h4-5,9-11,14,16H,3,6-8H2,1-2H3. The van der Waals surface area contributed by atoms with Crippen LogP contribution in [-0.2, 0) is 4.74 Å². The number of hydrogen-bond acceptors (Lipinski definition) is 3. The van der Waals surface area contributed by atoms with Crippen molar-refractivity contribution >= 4 is 0 Å². The van der Waals surface area contributed by atoms with Crippen LogP contribution in [0.25, 0.3) is 0 Å². The first-order chi connectivity index (χ1) is 8.74. The van der Waals surface area contributed by atoms with Crippen LogP contribution in [0.4, 0.5) is 4.39 Å². The fourth-order valence-corrected chi connectivity index (χ4v) is 2.64. The Labute approximate surface area is 108 Å². The van der Waals surface area contributed by atoms with E-state index in [4.69, 9.17) is 4.74 Å². The fourth-order valence-electron chi connectivity index (χ4n) is 2.64. The summed E-state index contributed by atoms with van der Waals surface area (Å²) in [5.41, 5.74) is 0.715. The summed E-state index contributed by atoms with van der Waals surface area (Å²) in [6.07, 6.45) is 6.49. The highest BCUT2D eigenvalue weighted by molar-refractivity contribution is 5.17. The van der Waals surface area contributed by atoms with E-state index in [2.05, 4.69) is 10.3 Å². The predicted octanol–water partition coefficient (Wildman–Crippen LogP) is 2.69. The summed E-state index contributed by atoms with van der Waals surface area (Å²) in [6, 6.07) is 1.83. The van der Waals surface area contributed by atoms with Gasteiger partial charge in [0.05, 0.1) is 12.3 Å². The Morgan fingerprint density at radius 1 is 1.56 bits per heavy atom. The van der Waals surface area contributed by atoms with Crippen molar-refractivity contribution in [3.05, 3.63) is 29.8 Å². The van der Waals surface area contributed by atoms with Gasteiger partial charge in [-0.15, -0.1) is 0 Å². The molecule has 18 heavy (non-hydrogen) atoms. The largest absolute Gasteiger partial charge is 0.378 e. The van der Waals surface area contributed by atoms with Crippen molar-refractivity contribution in [2.45, 2.75) is 38.3 Å². The predicted molar refractivity (Wildman–Crippen MR) is 68.8 cm³/mol. The van der Waals surface area contributed by atoms with Gasteiger partial charge in [0, 0.05) is 24.4 Å². The molecule has 1 saturated carbocycles. The van der Waals surface area contributed by atoms with Gasteiger partial charge in [-0.1, -0.05) is 0 Å². The SMILES string of the molecule is CCOC1CC(CC(NC)c2ccncc2F)C1. The van der Waals surface area contributed by atoms with Crippen molar-refractivity contribution in [1.82, 2.24) is 10.3 Å². The number of pyridine rings is 1. The van der Waals surface area contributed by atoms with Crippen LogP contribution in [-0.4, -0.2) is 24.7 Å². The van der Waals surface area contributed by atoms with E-state index in [1.807, 2.05) is 14.0 Å². The van der Waals surface area contributed by atoms with Crippen molar-refractivity contribution in [2.24, 2.45) is 5.92 Å². The minimum Gasteiger partial charge on any atom is -0.378 e. The second-order valence-electron chi connectivity index (χ2n) is 4.89. The Hall–Kier alpha value is -1.00. The lowest BCUT2D eigenvalue weighted by Gasteiger charge is -2.37. The minimum absolute atomic E-state index is 0.0700. The molecule has 4 heteroatoms. The Kier molecular flexibility index (Phi) is 4.66. The molecule has 1 N–H and O–H groups in total. The Morgan fingerprint density at radius 2 is 2.33 bits per heavy atom. The third-order valence-corrected chi connectivity index (χ3v) is 3.69. The summed E-state index contributed by atoms with van der Waals surface area (Å²) in [6.45, 7) is 2.81. The van der Waals surface area contributed by atoms with E-state index in [9.17, 15) is 4.39 Å². The van der Waals surface area contributed by atoms with Crippen LogP contribution in [0.15, 0.2) is 18.5 Å². The molecule has 0 bridgehead atoms. The Bertz CT molecular complexity index is 380. The van der Waals surface area contributed by atoms with Gasteiger partial charge in [-0.2, -0.15) is 0 Å². The van der Waals surface area contributed by atoms with Crippen LogP contribution in [0.3, 0.4) is 0 Å². The Morgan fingerprint density at radius 3 is 2.94 bits per heavy atom. The number of hydrogen-bond donors (Lipinski definition) is 1. The molecule has 0 aliphatic heterocycles. The van der Waals surface area contributed by atoms with Gasteiger partial charge in [-0.25, -0.2) is 4.39 Å². The van der Waals surface area contributed by atoms with Crippen LogP contribution >= 0.6 is 0 Å². The zero-order chi connectivity index (χ0) is 13.0. The molecule has 100 valence electrons. The monoisotopic (exact) mass is 252 g/mol. The van der Waals surface area contributed by atoms with Crippen molar-refractivity contribution in [3.63, 3.8) is 0 Å². The normalized spacial score (nSPS) is 24.6. The minimum atomic E-state index is -0.225. The summed E-state index contributed by atoms with van der Waals surface area (Å²) in [4.78, 5) is 3.79. The third-order valence-electron chi connectivity index (χ3n) is 3.69. The summed E-state index contributed by atoms with van der Waals surface area (Å²) >= 11 is 0. The van der Waals surface area contributed by atoms with E-state index in [0.717, 1.165) is 25.9 Å². The molecule has 1 aromatic heterocycles. The molecule has 1 aliphatic carbocycles. The van der Waals surface area contributed by atoms with Gasteiger partial charge in [-0.05, 0) is 45.2 Å². The molecule has 0 aromatic carbocycles. The lowest BCUT2D eigenvalue weighted by atomic mass is 9.77. The van der Waals surface area contributed by atoms with E-state index in [0.29, 0.717) is 17.6 Å². The first kappa shape index (κ1) is 13.4. The number of halogens is 1. The van der Waals surface area contributed by atoms with Crippen LogP contribution in [0.2, 0.25) is 0 Å². The van der Waals surface area contributed by atoms with Crippen molar-refractivity contribution < 1.29 is 9.13 Å². The fraction of sp³-hybridized carbons (Fsp3) is 0.643. The molecule has 0 amide bonds. The third kappa shape index (κ3) is 3.06. The lowest BCUT2D eigenvalue weighted by Crippen LogP contribution is -2.34. The van der Waals surface area contributed by atoms with Crippen LogP contribution in [0.1, 0.15) is 37.8 Å². The number of aromatic nitrogens is 1. The number of ether oxygens (including phenoxy) is 1. The molecular formula is C14H21FN2O. The summed E-state index contributed by atoms with van der Waals surface area (Å²) < 4.78 is 19.2. The highest BCUT2D eigenvalue weighted by atomic mass is 19.1. The topological polar surface area (TPSA) is 34.1 Å². The average Bonchev–Trinajstić information content (AvgIpc) is 2.33. The van der Waals surface area contributed by atoms with Gasteiger partial charge in [0.25, 0.3) is 0 Å². The molecule has 0 spiro atoms. The van der Waals surface area contributed by atoms with E-state index in [1.54, 1.807) is 12.3 Å². The lowest BCUT2D eigenvalue weighted by molar-refractivity contribution is -0.0290. The van der Waals surface area contributed by atoms with Crippen LogP contribution in [0, 0.1) is 11.7 Å². The molecule has 3 nitrogen and oxygen atoms in total. The Balaban J connectivity index is 1.89. The molecule has 0 saturated heterocycles. The average molecular weight is 252 g/mol. The molecule has 0 radical (unpaired) electrons. The van der Waals surface area contributed by atoms with E-state index in [1.165, 1.54) is 6.20 Å². The number of nitrogens with zero attached hydrogens (tertiary/aromatic N) is 1. The van der Waals surface area contributed by atoms with Crippen molar-refractivity contribution in [3.8, 4) is 0 Å². The molecule has 1 atom stereocenters. The number of rotatable bonds is 6. The van der Waals surface area contributed by atoms with Gasteiger partial charge >= 0.3 is 0 Å². The molecule has 1 unspecified atom stereocenters. The second kappa shape index (κ2) is 6.25. The maximum atomic E-state index is 13.7. The highest BCUT2D eigenvalue weighted by Gasteiger charge is 2.31. The first-order valence-corrected chi connectivity index (χ1v) is 6.62. The zero-order valence-electron chi connectivity index (χ0n) is 11.0. The quantitative estimate of drug-likeness (QED) is 0.845.